The van der Waals surface area contributed by atoms with Crippen LogP contribution < -0.4 is 15.5 Å². The van der Waals surface area contributed by atoms with E-state index in [1.54, 1.807) is 7.05 Å². The van der Waals surface area contributed by atoms with Gasteiger partial charge in [0.1, 0.15) is 0 Å². The molecule has 2 aromatic carbocycles. The van der Waals surface area contributed by atoms with Crippen LogP contribution in [0.15, 0.2) is 42.5 Å². The van der Waals surface area contributed by atoms with Crippen molar-refractivity contribution in [2.75, 3.05) is 57.8 Å². The number of carbonyl (C=O) groups excluding carboxylic acids is 2. The Hall–Kier alpha value is -2.90. The first-order chi connectivity index (χ1) is 17.1. The lowest BCUT2D eigenvalue weighted by Crippen LogP contribution is -2.47. The van der Waals surface area contributed by atoms with Gasteiger partial charge in [0, 0.05) is 57.6 Å². The summed E-state index contributed by atoms with van der Waals surface area (Å²) in [5.41, 5.74) is 5.55. The predicted octanol–water partition coefficient (Wildman–Crippen LogP) is 2.94. The third kappa shape index (κ3) is 6.61. The summed E-state index contributed by atoms with van der Waals surface area (Å²) in [6.45, 7) is 8.50. The highest BCUT2D eigenvalue weighted by molar-refractivity contribution is 5.94. The maximum absolute atomic E-state index is 12.1. The minimum atomic E-state index is -0.00240. The number of ether oxygens (including phenoxy) is 1. The van der Waals surface area contributed by atoms with Crippen LogP contribution in [0, 0.1) is 0 Å². The summed E-state index contributed by atoms with van der Waals surface area (Å²) in [6.07, 6.45) is 3.37. The van der Waals surface area contributed by atoms with Crippen LogP contribution in [-0.4, -0.2) is 69.6 Å². The van der Waals surface area contributed by atoms with Gasteiger partial charge >= 0.3 is 0 Å². The normalized spacial score (nSPS) is 18.1. The van der Waals surface area contributed by atoms with E-state index in [0.717, 1.165) is 64.2 Å². The van der Waals surface area contributed by atoms with Gasteiger partial charge in [-0.3, -0.25) is 14.5 Å². The number of nitrogens with one attached hydrogen (secondary N) is 2. The first-order valence-electron chi connectivity index (χ1n) is 12.9. The van der Waals surface area contributed by atoms with Gasteiger partial charge in [0.05, 0.1) is 19.1 Å². The van der Waals surface area contributed by atoms with Gasteiger partial charge in [-0.25, -0.2) is 0 Å². The number of nitrogens with zero attached hydrogens (tertiary/aromatic N) is 2. The zero-order valence-electron chi connectivity index (χ0n) is 21.0. The minimum Gasteiger partial charge on any atom is -0.373 e. The van der Waals surface area contributed by atoms with Crippen molar-refractivity contribution in [2.45, 2.75) is 38.7 Å². The Bertz CT molecular complexity index is 1000. The van der Waals surface area contributed by atoms with Gasteiger partial charge in [0.25, 0.3) is 5.91 Å². The van der Waals surface area contributed by atoms with Crippen LogP contribution in [0.25, 0.3) is 0 Å². The lowest BCUT2D eigenvalue weighted by atomic mass is 9.93. The number of rotatable bonds is 9. The molecule has 2 amide bonds. The second kappa shape index (κ2) is 12.2. The number of hydrogen-bond donors (Lipinski definition) is 2. The number of amides is 2. The molecule has 7 heteroatoms. The van der Waals surface area contributed by atoms with E-state index in [9.17, 15) is 9.59 Å². The van der Waals surface area contributed by atoms with Crippen LogP contribution in [0.1, 0.15) is 52.9 Å². The summed E-state index contributed by atoms with van der Waals surface area (Å²) in [7, 11) is 1.68. The minimum absolute atomic E-state index is 0.00240. The molecule has 0 unspecified atom stereocenters. The third-order valence-corrected chi connectivity index (χ3v) is 7.00. The molecule has 1 fully saturated rings. The van der Waals surface area contributed by atoms with Crippen molar-refractivity contribution >= 4 is 17.5 Å². The quantitative estimate of drug-likeness (QED) is 0.580. The van der Waals surface area contributed by atoms with Gasteiger partial charge in [-0.2, -0.15) is 0 Å². The van der Waals surface area contributed by atoms with Gasteiger partial charge in [-0.15, -0.1) is 0 Å². The molecule has 188 valence electrons. The van der Waals surface area contributed by atoms with Crippen molar-refractivity contribution in [3.05, 3.63) is 64.7 Å². The van der Waals surface area contributed by atoms with Crippen molar-refractivity contribution in [3.63, 3.8) is 0 Å². The molecule has 2 heterocycles. The highest BCUT2D eigenvalue weighted by Crippen LogP contribution is 2.31. The van der Waals surface area contributed by atoms with E-state index in [1.165, 1.54) is 16.8 Å². The molecule has 0 aliphatic carbocycles. The summed E-state index contributed by atoms with van der Waals surface area (Å²) in [6, 6.07) is 14.4. The van der Waals surface area contributed by atoms with Crippen LogP contribution in [0.5, 0.6) is 0 Å². The Morgan fingerprint density at radius 3 is 2.54 bits per heavy atom. The Kier molecular flexibility index (Phi) is 8.77. The summed E-state index contributed by atoms with van der Waals surface area (Å²) in [5.74, 6) is 0.0403. The number of anilines is 1. The number of carbonyl (C=O) groups is 2. The van der Waals surface area contributed by atoms with E-state index in [-0.39, 0.29) is 17.9 Å². The van der Waals surface area contributed by atoms with Crippen molar-refractivity contribution in [1.82, 2.24) is 15.5 Å². The molecule has 2 aliphatic heterocycles. The van der Waals surface area contributed by atoms with Gasteiger partial charge in [-0.1, -0.05) is 25.1 Å². The molecule has 0 spiro atoms. The molecule has 4 rings (SSSR count). The summed E-state index contributed by atoms with van der Waals surface area (Å²) >= 11 is 0. The maximum atomic E-state index is 12.1. The highest BCUT2D eigenvalue weighted by atomic mass is 16.5. The molecule has 2 aliphatic rings. The Balaban J connectivity index is 1.26. The number of likely N-dealkylation sites (N-methyl/N-ethyl adjacent to an activating group) is 1. The molecule has 0 aromatic heterocycles. The molecule has 1 atom stereocenters. The Morgan fingerprint density at radius 1 is 1.06 bits per heavy atom. The van der Waals surface area contributed by atoms with E-state index in [1.807, 2.05) is 12.1 Å². The number of fused-ring (bicyclic) bond motifs is 1. The lowest BCUT2D eigenvalue weighted by Gasteiger charge is -2.37. The largest absolute Gasteiger partial charge is 0.373 e. The number of benzene rings is 2. The lowest BCUT2D eigenvalue weighted by molar-refractivity contribution is -0.119. The summed E-state index contributed by atoms with van der Waals surface area (Å²) < 4.78 is 6.13. The summed E-state index contributed by atoms with van der Waals surface area (Å²) in [5, 5.41) is 5.62. The Morgan fingerprint density at radius 2 is 1.83 bits per heavy atom. The molecule has 0 radical (unpaired) electrons. The third-order valence-electron chi connectivity index (χ3n) is 7.00. The number of hydrogen-bond acceptors (Lipinski definition) is 5. The average Bonchev–Trinajstić information content (AvgIpc) is 2.90. The van der Waals surface area contributed by atoms with Crippen molar-refractivity contribution in [2.24, 2.45) is 0 Å². The predicted molar refractivity (Wildman–Crippen MR) is 139 cm³/mol. The highest BCUT2D eigenvalue weighted by Gasteiger charge is 2.24. The van der Waals surface area contributed by atoms with Crippen LogP contribution >= 0.6 is 0 Å². The van der Waals surface area contributed by atoms with Crippen LogP contribution in [0.3, 0.4) is 0 Å². The molecular formula is C28H38N4O3. The van der Waals surface area contributed by atoms with Gasteiger partial charge in [0.15, 0.2) is 0 Å². The fourth-order valence-electron chi connectivity index (χ4n) is 4.91. The van der Waals surface area contributed by atoms with E-state index in [4.69, 9.17) is 4.74 Å². The molecule has 2 N–H and O–H groups in total. The molecule has 1 saturated heterocycles. The van der Waals surface area contributed by atoms with E-state index in [2.05, 4.69) is 57.7 Å². The second-order valence-corrected chi connectivity index (χ2v) is 9.41. The summed E-state index contributed by atoms with van der Waals surface area (Å²) in [4.78, 5) is 28.8. The molecule has 7 nitrogen and oxygen atoms in total. The molecule has 0 saturated carbocycles. The molecular weight excluding hydrogens is 440 g/mol. The zero-order valence-corrected chi connectivity index (χ0v) is 21.0. The standard InChI is InChI=1S/C28H38N4O3/c1-3-12-30-28(34)22-5-7-24(8-6-22)32-16-14-31(15-17-32)13-10-26-25-9-4-21(20-27(33)29-2)19-23(25)11-18-35-26/h4-9,19,26H,3,10-18,20H2,1-2H3,(H,29,33)(H,30,34)/t26-/m0/s1. The van der Waals surface area contributed by atoms with Crippen molar-refractivity contribution < 1.29 is 14.3 Å². The average molecular weight is 479 g/mol. The first kappa shape index (κ1) is 25.2. The van der Waals surface area contributed by atoms with Crippen LogP contribution in [0.4, 0.5) is 5.69 Å². The SMILES string of the molecule is CCCNC(=O)c1ccc(N2CCN(CC[C@@H]3OCCc4cc(CC(=O)NC)ccc43)CC2)cc1. The van der Waals surface area contributed by atoms with Gasteiger partial charge in [-0.05, 0) is 60.2 Å². The van der Waals surface area contributed by atoms with Crippen molar-refractivity contribution in [3.8, 4) is 0 Å². The fourth-order valence-corrected chi connectivity index (χ4v) is 4.91. The molecule has 35 heavy (non-hydrogen) atoms. The maximum Gasteiger partial charge on any atom is 0.251 e. The number of piperazine rings is 1. The van der Waals surface area contributed by atoms with Gasteiger partial charge in [0.2, 0.25) is 5.91 Å². The van der Waals surface area contributed by atoms with Gasteiger partial charge < -0.3 is 20.3 Å². The second-order valence-electron chi connectivity index (χ2n) is 9.41. The first-order valence-corrected chi connectivity index (χ1v) is 12.9. The van der Waals surface area contributed by atoms with E-state index < -0.39 is 0 Å². The molecule has 0 bridgehead atoms. The van der Waals surface area contributed by atoms with Crippen molar-refractivity contribution in [1.29, 1.82) is 0 Å². The molecule has 2 aromatic rings. The van der Waals surface area contributed by atoms with Crippen LogP contribution in [0.2, 0.25) is 0 Å². The zero-order chi connectivity index (χ0) is 24.6. The van der Waals surface area contributed by atoms with E-state index >= 15 is 0 Å². The fraction of sp³-hybridized carbons (Fsp3) is 0.500. The van der Waals surface area contributed by atoms with E-state index in [0.29, 0.717) is 18.5 Å². The Labute approximate surface area is 208 Å². The topological polar surface area (TPSA) is 73.9 Å². The monoisotopic (exact) mass is 478 g/mol. The smallest absolute Gasteiger partial charge is 0.251 e. The van der Waals surface area contributed by atoms with Crippen LogP contribution in [-0.2, 0) is 22.4 Å².